The fraction of sp³-hybridized carbons (Fsp3) is 0.182. The van der Waals surface area contributed by atoms with E-state index in [-0.39, 0.29) is 16.7 Å². The molecule has 0 amide bonds. The van der Waals surface area contributed by atoms with Crippen molar-refractivity contribution in [2.45, 2.75) is 18.4 Å². The van der Waals surface area contributed by atoms with Crippen molar-refractivity contribution in [3.8, 4) is 0 Å². The van der Waals surface area contributed by atoms with Crippen molar-refractivity contribution in [2.75, 3.05) is 5.73 Å². The van der Waals surface area contributed by atoms with Gasteiger partial charge >= 0.3 is 0 Å². The highest BCUT2D eigenvalue weighted by Gasteiger charge is 2.21. The first-order valence-electron chi connectivity index (χ1n) is 5.45. The van der Waals surface area contributed by atoms with Crippen LogP contribution in [0, 0.1) is 12.7 Å². The Balaban J connectivity index is 2.27. The highest BCUT2D eigenvalue weighted by Crippen LogP contribution is 2.26. The molecule has 1 heterocycles. The Morgan fingerprint density at radius 2 is 2.20 bits per heavy atom. The molecule has 0 bridgehead atoms. The number of hydrogen-bond acceptors (Lipinski definition) is 5. The first-order valence-corrected chi connectivity index (χ1v) is 8.60. The molecule has 0 radical (unpaired) electrons. The molecule has 0 saturated heterocycles. The number of thiazole rings is 1. The van der Waals surface area contributed by atoms with Gasteiger partial charge in [-0.3, -0.25) is 0 Å². The second-order valence-corrected chi connectivity index (χ2v) is 7.65. The lowest BCUT2D eigenvalue weighted by molar-refractivity contribution is 0.553. The molecule has 0 fully saturated rings. The van der Waals surface area contributed by atoms with Crippen LogP contribution in [-0.4, -0.2) is 13.4 Å². The largest absolute Gasteiger partial charge is 0.399 e. The number of aryl methyl sites for hydroxylation is 1. The van der Waals surface area contributed by atoms with Gasteiger partial charge in [-0.15, -0.1) is 11.3 Å². The Kier molecular flexibility index (Phi) is 4.43. The van der Waals surface area contributed by atoms with Gasteiger partial charge in [0.25, 0.3) is 0 Å². The van der Waals surface area contributed by atoms with E-state index in [1.165, 1.54) is 17.4 Å². The minimum Gasteiger partial charge on any atom is -0.399 e. The molecule has 0 unspecified atom stereocenters. The first kappa shape index (κ1) is 15.4. The lowest BCUT2D eigenvalue weighted by Crippen LogP contribution is -2.24. The van der Waals surface area contributed by atoms with Crippen LogP contribution in [0.3, 0.4) is 0 Å². The van der Waals surface area contributed by atoms with Gasteiger partial charge in [0.15, 0.2) is 5.82 Å². The molecule has 0 aliphatic carbocycles. The normalized spacial score (nSPS) is 11.8. The number of benzene rings is 1. The van der Waals surface area contributed by atoms with E-state index in [0.717, 1.165) is 11.1 Å². The van der Waals surface area contributed by atoms with Crippen LogP contribution in [0.1, 0.15) is 10.7 Å². The minimum absolute atomic E-state index is 0.00146. The summed E-state index contributed by atoms with van der Waals surface area (Å²) in [6, 6.07) is 2.38. The summed E-state index contributed by atoms with van der Waals surface area (Å²) in [4.78, 5) is 3.64. The Labute approximate surface area is 128 Å². The van der Waals surface area contributed by atoms with Crippen LogP contribution in [0.4, 0.5) is 10.1 Å². The Hall–Kier alpha value is -1.03. The van der Waals surface area contributed by atoms with Crippen LogP contribution < -0.4 is 10.5 Å². The zero-order chi connectivity index (χ0) is 14.9. The minimum atomic E-state index is -4.00. The average molecular weight is 380 g/mol. The third-order valence-electron chi connectivity index (χ3n) is 2.42. The fourth-order valence-corrected chi connectivity index (χ4v) is 3.87. The van der Waals surface area contributed by atoms with Gasteiger partial charge in [0, 0.05) is 11.1 Å². The van der Waals surface area contributed by atoms with Crippen molar-refractivity contribution in [1.82, 2.24) is 9.71 Å². The van der Waals surface area contributed by atoms with Gasteiger partial charge in [0.05, 0.1) is 21.7 Å². The zero-order valence-corrected chi connectivity index (χ0v) is 13.6. The van der Waals surface area contributed by atoms with Crippen LogP contribution in [0.5, 0.6) is 0 Å². The third-order valence-corrected chi connectivity index (χ3v) is 5.22. The summed E-state index contributed by atoms with van der Waals surface area (Å²) >= 11 is 4.34. The van der Waals surface area contributed by atoms with Crippen LogP contribution in [0.15, 0.2) is 26.9 Å². The van der Waals surface area contributed by atoms with E-state index >= 15 is 0 Å². The van der Waals surface area contributed by atoms with Gasteiger partial charge in [-0.25, -0.2) is 22.5 Å². The number of nitrogens with zero attached hydrogens (tertiary/aromatic N) is 1. The van der Waals surface area contributed by atoms with E-state index in [0.29, 0.717) is 5.69 Å². The highest BCUT2D eigenvalue weighted by molar-refractivity contribution is 9.10. The lowest BCUT2D eigenvalue weighted by atomic mass is 10.3. The van der Waals surface area contributed by atoms with E-state index in [4.69, 9.17) is 5.73 Å². The number of nitrogens with one attached hydrogen (secondary N) is 1. The Morgan fingerprint density at radius 3 is 2.80 bits per heavy atom. The van der Waals surface area contributed by atoms with Gasteiger partial charge in [-0.05, 0) is 35.0 Å². The van der Waals surface area contributed by atoms with Crippen molar-refractivity contribution < 1.29 is 12.8 Å². The summed E-state index contributed by atoms with van der Waals surface area (Å²) in [5.74, 6) is -0.874. The molecule has 108 valence electrons. The summed E-state index contributed by atoms with van der Waals surface area (Å²) in [5, 5.41) is 2.57. The standard InChI is InChI=1S/C11H11BrFN3O2S2/c1-6-16-8(5-19-6)4-15-20(17,18)10-3-7(14)2-9(12)11(10)13/h2-3,5,15H,4,14H2,1H3. The summed E-state index contributed by atoms with van der Waals surface area (Å²) in [6.45, 7) is 1.82. The predicted octanol–water partition coefficient (Wildman–Crippen LogP) is 2.41. The molecule has 2 aromatic rings. The maximum Gasteiger partial charge on any atom is 0.243 e. The summed E-state index contributed by atoms with van der Waals surface area (Å²) in [5.41, 5.74) is 6.27. The van der Waals surface area contributed by atoms with Gasteiger partial charge in [-0.1, -0.05) is 0 Å². The second kappa shape index (κ2) is 5.76. The molecule has 0 aliphatic rings. The van der Waals surface area contributed by atoms with Crippen LogP contribution in [0.2, 0.25) is 0 Å². The molecule has 0 saturated carbocycles. The Bertz CT molecular complexity index is 746. The Morgan fingerprint density at radius 1 is 1.50 bits per heavy atom. The number of halogens is 2. The summed E-state index contributed by atoms with van der Waals surface area (Å²) in [6.07, 6.45) is 0. The SMILES string of the molecule is Cc1nc(CNS(=O)(=O)c2cc(N)cc(Br)c2F)cs1. The number of aromatic nitrogens is 1. The number of rotatable bonds is 4. The maximum atomic E-state index is 13.9. The molecule has 5 nitrogen and oxygen atoms in total. The van der Waals surface area contributed by atoms with E-state index in [1.54, 1.807) is 5.38 Å². The van der Waals surface area contributed by atoms with Gasteiger partial charge in [0.1, 0.15) is 4.90 Å². The van der Waals surface area contributed by atoms with Crippen molar-refractivity contribution in [3.63, 3.8) is 0 Å². The maximum absolute atomic E-state index is 13.9. The van der Waals surface area contributed by atoms with Crippen LogP contribution >= 0.6 is 27.3 Å². The average Bonchev–Trinajstić information content (AvgIpc) is 2.77. The smallest absolute Gasteiger partial charge is 0.243 e. The van der Waals surface area contributed by atoms with Crippen molar-refractivity contribution in [3.05, 3.63) is 38.5 Å². The molecule has 0 atom stereocenters. The molecule has 0 aliphatic heterocycles. The molecule has 9 heteroatoms. The van der Waals surface area contributed by atoms with E-state index in [9.17, 15) is 12.8 Å². The first-order chi connectivity index (χ1) is 9.29. The predicted molar refractivity (Wildman–Crippen MR) is 79.4 cm³/mol. The topological polar surface area (TPSA) is 85.1 Å². The number of nitrogens with two attached hydrogens (primary N) is 1. The number of hydrogen-bond donors (Lipinski definition) is 2. The molecule has 1 aromatic heterocycles. The van der Waals surface area contributed by atoms with Gasteiger partial charge < -0.3 is 5.73 Å². The van der Waals surface area contributed by atoms with Gasteiger partial charge in [-0.2, -0.15) is 0 Å². The quantitative estimate of drug-likeness (QED) is 0.798. The lowest BCUT2D eigenvalue weighted by Gasteiger charge is -2.08. The van der Waals surface area contributed by atoms with Crippen LogP contribution in [0.25, 0.3) is 0 Å². The number of nitrogen functional groups attached to an aromatic ring is 1. The molecule has 3 N–H and O–H groups in total. The van der Waals surface area contributed by atoms with Crippen molar-refractivity contribution in [2.24, 2.45) is 0 Å². The third kappa shape index (κ3) is 3.35. The molecular weight excluding hydrogens is 369 g/mol. The van der Waals surface area contributed by atoms with Crippen molar-refractivity contribution >= 4 is 43.0 Å². The monoisotopic (exact) mass is 379 g/mol. The molecular formula is C11H11BrFN3O2S2. The van der Waals surface area contributed by atoms with Crippen molar-refractivity contribution in [1.29, 1.82) is 0 Å². The summed E-state index contributed by atoms with van der Waals surface area (Å²) < 4.78 is 40.3. The molecule has 1 aromatic carbocycles. The van der Waals surface area contributed by atoms with E-state index in [1.807, 2.05) is 6.92 Å². The second-order valence-electron chi connectivity index (χ2n) is 4.00. The summed E-state index contributed by atoms with van der Waals surface area (Å²) in [7, 11) is -4.00. The number of anilines is 1. The van der Waals surface area contributed by atoms with E-state index in [2.05, 4.69) is 25.6 Å². The van der Waals surface area contributed by atoms with Gasteiger partial charge in [0.2, 0.25) is 10.0 Å². The highest BCUT2D eigenvalue weighted by atomic mass is 79.9. The molecule has 0 spiro atoms. The van der Waals surface area contributed by atoms with E-state index < -0.39 is 20.7 Å². The number of sulfonamides is 1. The molecule has 2 rings (SSSR count). The molecule has 20 heavy (non-hydrogen) atoms. The zero-order valence-electron chi connectivity index (χ0n) is 10.4. The van der Waals surface area contributed by atoms with Crippen LogP contribution in [-0.2, 0) is 16.6 Å². The fourth-order valence-electron chi connectivity index (χ4n) is 1.52.